The Kier molecular flexibility index (Phi) is 4.90. The van der Waals surface area contributed by atoms with Crippen LogP contribution in [0, 0.1) is 11.7 Å². The third-order valence-electron chi connectivity index (χ3n) is 4.28. The van der Waals surface area contributed by atoms with E-state index in [0.29, 0.717) is 36.5 Å². The standard InChI is InChI=1S/C18H16ClFN2O2/c19-14-3-1-12(2-4-14)17(23)13-6-9-22(10-7-13)18(24)15-5-8-21-11-16(15)20/h1-5,8,11,13H,6-7,9-10H2. The zero-order valence-corrected chi connectivity index (χ0v) is 13.7. The van der Waals surface area contributed by atoms with Crippen molar-refractivity contribution in [1.82, 2.24) is 9.88 Å². The van der Waals surface area contributed by atoms with Gasteiger partial charge in [0.05, 0.1) is 11.8 Å². The van der Waals surface area contributed by atoms with Crippen molar-refractivity contribution in [3.05, 3.63) is 64.7 Å². The summed E-state index contributed by atoms with van der Waals surface area (Å²) in [6, 6.07) is 8.20. The Morgan fingerprint density at radius 2 is 1.79 bits per heavy atom. The van der Waals surface area contributed by atoms with Crippen molar-refractivity contribution >= 4 is 23.3 Å². The number of carbonyl (C=O) groups is 2. The molecular formula is C18H16ClFN2O2. The Bertz CT molecular complexity index is 756. The summed E-state index contributed by atoms with van der Waals surface area (Å²) in [5, 5.41) is 0.589. The van der Waals surface area contributed by atoms with Gasteiger partial charge in [-0.1, -0.05) is 11.6 Å². The number of Topliss-reactive ketones (excluding diaryl/α,β-unsaturated/α-hetero) is 1. The zero-order chi connectivity index (χ0) is 17.1. The molecule has 2 heterocycles. The van der Waals surface area contributed by atoms with Crippen LogP contribution in [0.1, 0.15) is 33.6 Å². The van der Waals surface area contributed by atoms with Crippen LogP contribution >= 0.6 is 11.6 Å². The average Bonchev–Trinajstić information content (AvgIpc) is 2.62. The summed E-state index contributed by atoms with van der Waals surface area (Å²) in [6.07, 6.45) is 3.57. The van der Waals surface area contributed by atoms with Crippen molar-refractivity contribution < 1.29 is 14.0 Å². The highest BCUT2D eigenvalue weighted by molar-refractivity contribution is 6.30. The Balaban J connectivity index is 1.63. The molecule has 4 nitrogen and oxygen atoms in total. The van der Waals surface area contributed by atoms with E-state index in [1.54, 1.807) is 29.2 Å². The number of carbonyl (C=O) groups excluding carboxylic acids is 2. The highest BCUT2D eigenvalue weighted by atomic mass is 35.5. The molecule has 2 aromatic rings. The number of benzene rings is 1. The third kappa shape index (κ3) is 3.46. The molecule has 0 radical (unpaired) electrons. The second-order valence-corrected chi connectivity index (χ2v) is 6.23. The Labute approximate surface area is 144 Å². The van der Waals surface area contributed by atoms with Crippen LogP contribution in [-0.4, -0.2) is 34.7 Å². The molecule has 1 aromatic carbocycles. The van der Waals surface area contributed by atoms with Gasteiger partial charge in [-0.3, -0.25) is 14.6 Å². The predicted octanol–water partition coefficient (Wildman–Crippen LogP) is 3.61. The second kappa shape index (κ2) is 7.09. The molecule has 0 aliphatic carbocycles. The first-order valence-electron chi connectivity index (χ1n) is 7.75. The summed E-state index contributed by atoms with van der Waals surface area (Å²) in [4.78, 5) is 30.1. The lowest BCUT2D eigenvalue weighted by molar-refractivity contribution is 0.0646. The largest absolute Gasteiger partial charge is 0.339 e. The van der Waals surface area contributed by atoms with Crippen molar-refractivity contribution in [1.29, 1.82) is 0 Å². The highest BCUT2D eigenvalue weighted by Crippen LogP contribution is 2.24. The molecule has 124 valence electrons. The average molecular weight is 347 g/mol. The first kappa shape index (κ1) is 16.6. The maximum Gasteiger partial charge on any atom is 0.256 e. The minimum Gasteiger partial charge on any atom is -0.339 e. The molecule has 0 spiro atoms. The van der Waals surface area contributed by atoms with Crippen molar-refractivity contribution in [2.75, 3.05) is 13.1 Å². The summed E-state index contributed by atoms with van der Waals surface area (Å²) in [7, 11) is 0. The molecule has 1 aromatic heterocycles. The van der Waals surface area contributed by atoms with E-state index in [9.17, 15) is 14.0 Å². The molecule has 1 saturated heterocycles. The molecular weight excluding hydrogens is 331 g/mol. The summed E-state index contributed by atoms with van der Waals surface area (Å²) >= 11 is 5.84. The monoisotopic (exact) mass is 346 g/mol. The van der Waals surface area contributed by atoms with Gasteiger partial charge < -0.3 is 4.90 Å². The summed E-state index contributed by atoms with van der Waals surface area (Å²) in [5.74, 6) is -1.04. The van der Waals surface area contributed by atoms with Crippen LogP contribution in [0.25, 0.3) is 0 Å². The van der Waals surface area contributed by atoms with Crippen LogP contribution in [0.3, 0.4) is 0 Å². The number of ketones is 1. The molecule has 6 heteroatoms. The smallest absolute Gasteiger partial charge is 0.256 e. The van der Waals surface area contributed by atoms with Crippen molar-refractivity contribution in [3.8, 4) is 0 Å². The van der Waals surface area contributed by atoms with Gasteiger partial charge in [-0.05, 0) is 43.2 Å². The number of piperidine rings is 1. The van der Waals surface area contributed by atoms with Crippen molar-refractivity contribution in [2.45, 2.75) is 12.8 Å². The number of hydrogen-bond donors (Lipinski definition) is 0. The number of amides is 1. The fourth-order valence-electron chi connectivity index (χ4n) is 2.91. The van der Waals surface area contributed by atoms with Crippen LogP contribution in [0.5, 0.6) is 0 Å². The van der Waals surface area contributed by atoms with E-state index in [2.05, 4.69) is 4.98 Å². The van der Waals surface area contributed by atoms with Gasteiger partial charge in [-0.2, -0.15) is 0 Å². The van der Waals surface area contributed by atoms with Gasteiger partial charge in [-0.15, -0.1) is 0 Å². The second-order valence-electron chi connectivity index (χ2n) is 5.79. The Morgan fingerprint density at radius 3 is 2.42 bits per heavy atom. The van der Waals surface area contributed by atoms with E-state index in [1.165, 1.54) is 12.3 Å². The first-order valence-corrected chi connectivity index (χ1v) is 8.12. The van der Waals surface area contributed by atoms with Crippen LogP contribution in [0.15, 0.2) is 42.7 Å². The van der Waals surface area contributed by atoms with Gasteiger partial charge in [0.25, 0.3) is 5.91 Å². The van der Waals surface area contributed by atoms with Gasteiger partial charge in [0.2, 0.25) is 0 Å². The lowest BCUT2D eigenvalue weighted by Crippen LogP contribution is -2.40. The van der Waals surface area contributed by atoms with E-state index in [0.717, 1.165) is 6.20 Å². The maximum atomic E-state index is 13.7. The number of halogens is 2. The molecule has 0 unspecified atom stereocenters. The molecule has 1 fully saturated rings. The van der Waals surface area contributed by atoms with Crippen LogP contribution in [-0.2, 0) is 0 Å². The summed E-state index contributed by atoms with van der Waals surface area (Å²) in [6.45, 7) is 0.870. The summed E-state index contributed by atoms with van der Waals surface area (Å²) in [5.41, 5.74) is 0.650. The molecule has 0 N–H and O–H groups in total. The fourth-order valence-corrected chi connectivity index (χ4v) is 3.04. The Hall–Kier alpha value is -2.27. The van der Waals surface area contributed by atoms with Gasteiger partial charge >= 0.3 is 0 Å². The van der Waals surface area contributed by atoms with E-state index in [-0.39, 0.29) is 23.2 Å². The molecule has 24 heavy (non-hydrogen) atoms. The summed E-state index contributed by atoms with van der Waals surface area (Å²) < 4.78 is 13.7. The topological polar surface area (TPSA) is 50.3 Å². The van der Waals surface area contributed by atoms with Crippen molar-refractivity contribution in [3.63, 3.8) is 0 Å². The zero-order valence-electron chi connectivity index (χ0n) is 12.9. The van der Waals surface area contributed by atoms with Gasteiger partial charge in [0.1, 0.15) is 0 Å². The molecule has 1 aliphatic heterocycles. The maximum absolute atomic E-state index is 13.7. The number of pyridine rings is 1. The molecule has 0 atom stereocenters. The number of aromatic nitrogens is 1. The van der Waals surface area contributed by atoms with E-state index >= 15 is 0 Å². The van der Waals surface area contributed by atoms with E-state index in [4.69, 9.17) is 11.6 Å². The van der Waals surface area contributed by atoms with Crippen LogP contribution in [0.4, 0.5) is 4.39 Å². The van der Waals surface area contributed by atoms with E-state index < -0.39 is 5.82 Å². The van der Waals surface area contributed by atoms with Gasteiger partial charge in [0.15, 0.2) is 11.6 Å². The minimum atomic E-state index is -0.623. The molecule has 0 bridgehead atoms. The van der Waals surface area contributed by atoms with E-state index in [1.807, 2.05) is 0 Å². The molecule has 1 amide bonds. The number of rotatable bonds is 3. The SMILES string of the molecule is O=C(c1ccc(Cl)cc1)C1CCN(C(=O)c2ccncc2F)CC1. The quantitative estimate of drug-likeness (QED) is 0.798. The molecule has 1 aliphatic rings. The Morgan fingerprint density at radius 1 is 1.12 bits per heavy atom. The first-order chi connectivity index (χ1) is 11.6. The van der Waals surface area contributed by atoms with Crippen LogP contribution < -0.4 is 0 Å². The number of likely N-dealkylation sites (tertiary alicyclic amines) is 1. The highest BCUT2D eigenvalue weighted by Gasteiger charge is 2.29. The minimum absolute atomic E-state index is 0.0208. The van der Waals surface area contributed by atoms with Gasteiger partial charge in [-0.25, -0.2) is 4.39 Å². The predicted molar refractivity (Wildman–Crippen MR) is 88.6 cm³/mol. The normalized spacial score (nSPS) is 15.3. The number of hydrogen-bond acceptors (Lipinski definition) is 3. The van der Waals surface area contributed by atoms with Crippen molar-refractivity contribution in [2.24, 2.45) is 5.92 Å². The number of nitrogens with zero attached hydrogens (tertiary/aromatic N) is 2. The molecule has 0 saturated carbocycles. The molecule has 3 rings (SSSR count). The lowest BCUT2D eigenvalue weighted by atomic mass is 9.88. The third-order valence-corrected chi connectivity index (χ3v) is 4.54. The van der Waals surface area contributed by atoms with Crippen LogP contribution in [0.2, 0.25) is 5.02 Å². The lowest BCUT2D eigenvalue weighted by Gasteiger charge is -2.31. The fraction of sp³-hybridized carbons (Fsp3) is 0.278. The van der Waals surface area contributed by atoms with Gasteiger partial charge in [0, 0.05) is 35.8 Å².